The molecule has 82 heavy (non-hydrogen) atoms. The first-order valence-electron chi connectivity index (χ1n) is 24.1. The largest absolute Gasteiger partial charge is 0.495 e. The Bertz CT molecular complexity index is 4440. The Morgan fingerprint density at radius 1 is 0.463 bits per heavy atom. The van der Waals surface area contributed by atoms with E-state index in [2.05, 4.69) is 51.5 Å². The van der Waals surface area contributed by atoms with Gasteiger partial charge in [-0.05, 0) is 147 Å². The average Bonchev–Trinajstić information content (AvgIpc) is 3.49. The Balaban J connectivity index is 1.01. The quantitative estimate of drug-likeness (QED) is 0.0234. The molecule has 0 amide bonds. The van der Waals surface area contributed by atoms with Gasteiger partial charge >= 0.3 is 0 Å². The first kappa shape index (κ1) is 61.2. The van der Waals surface area contributed by atoms with E-state index in [1.165, 1.54) is 58.6 Å². The summed E-state index contributed by atoms with van der Waals surface area (Å²) in [5.41, 5.74) is 7.92. The normalized spacial score (nSPS) is 13.1. The van der Waals surface area contributed by atoms with Crippen LogP contribution < -0.4 is 35.3 Å². The number of hydrogen-bond acceptors (Lipinski definition) is 21. The molecule has 0 aliphatic heterocycles. The zero-order chi connectivity index (χ0) is 60.1. The summed E-state index contributed by atoms with van der Waals surface area (Å²) in [7, 11) is -14.9. The van der Waals surface area contributed by atoms with Gasteiger partial charge in [-0.25, -0.2) is 0 Å². The molecule has 7 aromatic carbocycles. The van der Waals surface area contributed by atoms with Crippen molar-refractivity contribution < 1.29 is 66.1 Å². The second-order valence-electron chi connectivity index (χ2n) is 18.1. The van der Waals surface area contributed by atoms with E-state index >= 15 is 0 Å². The molecule has 29 heteroatoms. The third-order valence-electron chi connectivity index (χ3n) is 12.4. The lowest BCUT2D eigenvalue weighted by molar-refractivity contribution is 0.415. The fraction of sp³-hybridized carbons (Fsp3) is 0.208. The summed E-state index contributed by atoms with van der Waals surface area (Å²) in [5, 5.41) is 41.8. The van der Waals surface area contributed by atoms with Gasteiger partial charge in [0.25, 0.3) is 40.5 Å². The van der Waals surface area contributed by atoms with Gasteiger partial charge in [0.2, 0.25) is 0 Å². The molecular formula is C53H54N10O15S4. The fourth-order valence-corrected chi connectivity index (χ4v) is 10.9. The molecule has 7 rings (SSSR count). The van der Waals surface area contributed by atoms with Gasteiger partial charge in [0.15, 0.2) is 0 Å². The number of ether oxygens (including phenoxy) is 3. The Kier molecular flexibility index (Phi) is 18.5. The van der Waals surface area contributed by atoms with Crippen LogP contribution in [-0.2, 0) is 40.5 Å². The third-order valence-corrected chi connectivity index (χ3v) is 15.9. The minimum Gasteiger partial charge on any atom is -0.495 e. The van der Waals surface area contributed by atoms with E-state index in [1.807, 2.05) is 32.9 Å². The topological polar surface area (TPSA) is 368 Å². The van der Waals surface area contributed by atoms with Gasteiger partial charge in [-0.15, -0.1) is 5.11 Å². The SMILES string of the molecule is C/C=c1/cc(S(=O)(=O)O)cc(S(=O)(=O)O)/c1=C/CN=Nc1cc(C)c(N=Nc2cc(OC)c(NCNc3cc(C)c(N=Nc4cc(C)c(N=Nc5ccc6cc(S(=O)(=O)O)cc(S(=O)(=O)O)c6c5)cc4OC)cc3OC)cc2C)cc1C. The molecule has 0 saturated carbocycles. The van der Waals surface area contributed by atoms with Crippen molar-refractivity contribution >= 4 is 115 Å². The number of anilines is 2. The van der Waals surface area contributed by atoms with Crippen molar-refractivity contribution in [3.05, 3.63) is 129 Å². The predicted octanol–water partition coefficient (Wildman–Crippen LogP) is 11.5. The molecule has 0 aliphatic rings. The number of aryl methyl sites for hydroxylation is 5. The maximum Gasteiger partial charge on any atom is 0.295 e. The second kappa shape index (κ2) is 24.7. The first-order chi connectivity index (χ1) is 38.5. The van der Waals surface area contributed by atoms with Crippen LogP contribution in [0.5, 0.6) is 17.2 Å². The minimum absolute atomic E-state index is 0.0150. The van der Waals surface area contributed by atoms with E-state index in [9.17, 15) is 51.9 Å². The van der Waals surface area contributed by atoms with E-state index in [-0.39, 0.29) is 40.1 Å². The number of azo groups is 4. The van der Waals surface area contributed by atoms with Crippen molar-refractivity contribution in [2.45, 2.75) is 61.1 Å². The van der Waals surface area contributed by atoms with E-state index in [4.69, 9.17) is 14.2 Å². The zero-order valence-electron chi connectivity index (χ0n) is 45.2. The van der Waals surface area contributed by atoms with Crippen molar-refractivity contribution in [3.63, 3.8) is 0 Å². The van der Waals surface area contributed by atoms with Crippen molar-refractivity contribution in [3.8, 4) is 17.2 Å². The molecule has 0 aliphatic carbocycles. The van der Waals surface area contributed by atoms with Crippen LogP contribution in [0.25, 0.3) is 22.9 Å². The molecule has 0 saturated heterocycles. The molecular weight excluding hydrogens is 1140 g/mol. The standard InChI is InChI=1S/C53H54N10O15S4/c1-10-34-20-37(79(64,65)66)23-52(81(70,71)72)39(34)13-14-56-58-41-15-30(3)42(16-29(41)2)60-61-44-25-49(76-7)46(17-31(44)4)54-28-55-47-18-32(5)45(26-50(47)77-8)62-63-48-19-33(6)43(27-51(48)78-9)59-57-36-12-11-35-21-38(80(67,68)69)24-53(40(35)22-36)82(73,74)75/h10-13,15-27,54-55H,14,28H2,1-9H3,(H,64,65,66)(H,67,68,69)(H,70,71,72)(H,73,74,75)/b34-10-,39-13+,58-56?,59-57?,61-60?,63-62?. The smallest absolute Gasteiger partial charge is 0.295 e. The summed E-state index contributed by atoms with van der Waals surface area (Å²) >= 11 is 0. The molecule has 0 bridgehead atoms. The second-order valence-corrected chi connectivity index (χ2v) is 23.7. The molecule has 6 N–H and O–H groups in total. The maximum absolute atomic E-state index is 12.2. The molecule has 0 radical (unpaired) electrons. The van der Waals surface area contributed by atoms with Gasteiger partial charge in [-0.1, -0.05) is 18.2 Å². The number of benzene rings is 7. The van der Waals surface area contributed by atoms with E-state index in [0.29, 0.717) is 86.0 Å². The number of methoxy groups -OCH3 is 3. The molecule has 0 spiro atoms. The highest BCUT2D eigenvalue weighted by atomic mass is 32.2. The third kappa shape index (κ3) is 14.5. The van der Waals surface area contributed by atoms with Crippen LogP contribution in [0.1, 0.15) is 34.7 Å². The molecule has 430 valence electrons. The Morgan fingerprint density at radius 3 is 1.38 bits per heavy atom. The molecule has 0 atom stereocenters. The van der Waals surface area contributed by atoms with Gasteiger partial charge in [0.1, 0.15) is 32.7 Å². The summed E-state index contributed by atoms with van der Waals surface area (Å²) in [6.45, 7) is 10.7. The van der Waals surface area contributed by atoms with Gasteiger partial charge in [0, 0.05) is 28.8 Å². The first-order valence-corrected chi connectivity index (χ1v) is 29.8. The number of hydrogen-bond donors (Lipinski definition) is 6. The zero-order valence-corrected chi connectivity index (χ0v) is 48.5. The lowest BCUT2D eigenvalue weighted by atomic mass is 10.1. The van der Waals surface area contributed by atoms with Crippen LogP contribution in [0.4, 0.5) is 51.2 Å². The van der Waals surface area contributed by atoms with Crippen molar-refractivity contribution in [2.75, 3.05) is 45.2 Å². The Hall–Kier alpha value is -8.42. The summed E-state index contributed by atoms with van der Waals surface area (Å²) in [4.78, 5) is -2.86. The summed E-state index contributed by atoms with van der Waals surface area (Å²) in [6.07, 6.45) is 2.78. The van der Waals surface area contributed by atoms with Crippen LogP contribution in [0.3, 0.4) is 0 Å². The molecule has 0 aromatic heterocycles. The Labute approximate surface area is 472 Å². The Morgan fingerprint density at radius 2 is 0.890 bits per heavy atom. The van der Waals surface area contributed by atoms with Crippen LogP contribution in [0, 0.1) is 34.6 Å². The highest BCUT2D eigenvalue weighted by Gasteiger charge is 2.22. The van der Waals surface area contributed by atoms with Gasteiger partial charge < -0.3 is 24.8 Å². The van der Waals surface area contributed by atoms with Crippen LogP contribution in [0.15, 0.2) is 151 Å². The summed E-state index contributed by atoms with van der Waals surface area (Å²) in [6, 6.07) is 21.6. The highest BCUT2D eigenvalue weighted by Crippen LogP contribution is 2.40. The monoisotopic (exact) mass is 1200 g/mol. The van der Waals surface area contributed by atoms with Gasteiger partial charge in [-0.2, -0.15) is 69.5 Å². The summed E-state index contributed by atoms with van der Waals surface area (Å²) < 4.78 is 151. The number of nitrogens with one attached hydrogen (secondary N) is 2. The number of rotatable bonds is 20. The molecule has 25 nitrogen and oxygen atoms in total. The maximum atomic E-state index is 12.2. The van der Waals surface area contributed by atoms with Crippen LogP contribution in [-0.4, -0.2) is 86.4 Å². The van der Waals surface area contributed by atoms with Crippen LogP contribution in [0.2, 0.25) is 0 Å². The van der Waals surface area contributed by atoms with Gasteiger partial charge in [0.05, 0.1) is 89.8 Å². The minimum atomic E-state index is -4.92. The number of nitrogens with zero attached hydrogens (tertiary/aromatic N) is 8. The molecule has 7 aromatic rings. The molecule has 0 unspecified atom stereocenters. The predicted molar refractivity (Wildman–Crippen MR) is 307 cm³/mol. The van der Waals surface area contributed by atoms with Crippen LogP contribution >= 0.6 is 0 Å². The average molecular weight is 1200 g/mol. The van der Waals surface area contributed by atoms with E-state index in [1.54, 1.807) is 50.2 Å². The van der Waals surface area contributed by atoms with Crippen molar-refractivity contribution in [1.82, 2.24) is 0 Å². The molecule has 0 fully saturated rings. The fourth-order valence-electron chi connectivity index (χ4n) is 8.16. The van der Waals surface area contributed by atoms with Gasteiger partial charge in [-0.3, -0.25) is 18.2 Å². The van der Waals surface area contributed by atoms with Crippen molar-refractivity contribution in [1.29, 1.82) is 0 Å². The van der Waals surface area contributed by atoms with E-state index in [0.717, 1.165) is 28.8 Å². The summed E-state index contributed by atoms with van der Waals surface area (Å²) in [5.74, 6) is 1.27. The highest BCUT2D eigenvalue weighted by molar-refractivity contribution is 7.87. The van der Waals surface area contributed by atoms with E-state index < -0.39 is 60.1 Å². The number of fused-ring (bicyclic) bond motifs is 1. The lowest BCUT2D eigenvalue weighted by Crippen LogP contribution is -2.31. The van der Waals surface area contributed by atoms with Crippen molar-refractivity contribution in [2.24, 2.45) is 40.9 Å². The lowest BCUT2D eigenvalue weighted by Gasteiger charge is -2.17. The molecule has 0 heterocycles.